The molecule has 1 rings (SSSR count). The highest BCUT2D eigenvalue weighted by Gasteiger charge is 2.07. The van der Waals surface area contributed by atoms with Crippen LogP contribution in [0.3, 0.4) is 0 Å². The van der Waals surface area contributed by atoms with E-state index < -0.39 is 0 Å². The van der Waals surface area contributed by atoms with Crippen molar-refractivity contribution in [3.8, 4) is 11.8 Å². The van der Waals surface area contributed by atoms with Crippen molar-refractivity contribution in [3.05, 3.63) is 23.8 Å². The SMILES string of the molecule is CCCCCCCCCNc1c(C#N)cccc1OC. The molecule has 0 atom stereocenters. The lowest BCUT2D eigenvalue weighted by molar-refractivity contribution is 0.416. The molecule has 0 amide bonds. The minimum atomic E-state index is 0.646. The second-order valence-electron chi connectivity index (χ2n) is 5.04. The molecule has 0 aliphatic rings. The quantitative estimate of drug-likeness (QED) is 0.627. The summed E-state index contributed by atoms with van der Waals surface area (Å²) in [5.74, 6) is 0.743. The fourth-order valence-electron chi connectivity index (χ4n) is 2.27. The van der Waals surface area contributed by atoms with E-state index in [2.05, 4.69) is 18.3 Å². The van der Waals surface area contributed by atoms with E-state index in [1.807, 2.05) is 18.2 Å². The molecule has 0 aliphatic heterocycles. The molecule has 0 unspecified atom stereocenters. The minimum absolute atomic E-state index is 0.646. The molecule has 0 heterocycles. The van der Waals surface area contributed by atoms with Crippen LogP contribution in [0.15, 0.2) is 18.2 Å². The van der Waals surface area contributed by atoms with E-state index in [0.717, 1.165) is 24.4 Å². The fourth-order valence-corrected chi connectivity index (χ4v) is 2.27. The first-order chi connectivity index (χ1) is 9.83. The maximum atomic E-state index is 9.12. The fraction of sp³-hybridized carbons (Fsp3) is 0.588. The van der Waals surface area contributed by atoms with E-state index in [0.29, 0.717) is 5.56 Å². The van der Waals surface area contributed by atoms with Crippen molar-refractivity contribution in [2.24, 2.45) is 0 Å². The molecule has 0 aliphatic carbocycles. The average molecular weight is 274 g/mol. The Kier molecular flexibility index (Phi) is 8.30. The van der Waals surface area contributed by atoms with Gasteiger partial charge in [-0.2, -0.15) is 5.26 Å². The summed E-state index contributed by atoms with van der Waals surface area (Å²) >= 11 is 0. The third-order valence-corrected chi connectivity index (χ3v) is 3.45. The number of nitrogens with one attached hydrogen (secondary N) is 1. The van der Waals surface area contributed by atoms with Gasteiger partial charge in [-0.05, 0) is 18.6 Å². The van der Waals surface area contributed by atoms with Crippen LogP contribution in [0.4, 0.5) is 5.69 Å². The summed E-state index contributed by atoms with van der Waals surface area (Å²) in [5.41, 5.74) is 1.47. The summed E-state index contributed by atoms with van der Waals surface area (Å²) in [6.07, 6.45) is 9.03. The first-order valence-electron chi connectivity index (χ1n) is 7.64. The van der Waals surface area contributed by atoms with Crippen molar-refractivity contribution in [1.82, 2.24) is 0 Å². The van der Waals surface area contributed by atoms with Gasteiger partial charge in [0.25, 0.3) is 0 Å². The van der Waals surface area contributed by atoms with Crippen LogP contribution in [0.5, 0.6) is 5.75 Å². The van der Waals surface area contributed by atoms with Gasteiger partial charge in [-0.25, -0.2) is 0 Å². The minimum Gasteiger partial charge on any atom is -0.495 e. The molecule has 0 bridgehead atoms. The molecule has 3 heteroatoms. The molecule has 0 spiro atoms. The molecule has 0 saturated carbocycles. The lowest BCUT2D eigenvalue weighted by Gasteiger charge is -2.12. The van der Waals surface area contributed by atoms with E-state index >= 15 is 0 Å². The number of benzene rings is 1. The van der Waals surface area contributed by atoms with Crippen LogP contribution in [-0.4, -0.2) is 13.7 Å². The van der Waals surface area contributed by atoms with Crippen LogP contribution >= 0.6 is 0 Å². The van der Waals surface area contributed by atoms with Crippen LogP contribution in [0.25, 0.3) is 0 Å². The number of anilines is 1. The average Bonchev–Trinajstić information content (AvgIpc) is 2.49. The third-order valence-electron chi connectivity index (χ3n) is 3.45. The van der Waals surface area contributed by atoms with Gasteiger partial charge in [-0.3, -0.25) is 0 Å². The van der Waals surface area contributed by atoms with Crippen LogP contribution in [0.1, 0.15) is 57.4 Å². The largest absolute Gasteiger partial charge is 0.495 e. The second kappa shape index (κ2) is 10.1. The Morgan fingerprint density at radius 1 is 1.10 bits per heavy atom. The van der Waals surface area contributed by atoms with Gasteiger partial charge in [-0.15, -0.1) is 0 Å². The number of hydrogen-bond acceptors (Lipinski definition) is 3. The van der Waals surface area contributed by atoms with Gasteiger partial charge in [0, 0.05) is 6.54 Å². The van der Waals surface area contributed by atoms with E-state index in [1.54, 1.807) is 7.11 Å². The Labute approximate surface area is 123 Å². The van der Waals surface area contributed by atoms with Crippen molar-refractivity contribution >= 4 is 5.69 Å². The number of para-hydroxylation sites is 1. The summed E-state index contributed by atoms with van der Waals surface area (Å²) < 4.78 is 5.30. The van der Waals surface area contributed by atoms with Gasteiger partial charge in [0.05, 0.1) is 18.4 Å². The van der Waals surface area contributed by atoms with Gasteiger partial charge in [0.15, 0.2) is 0 Å². The molecule has 3 nitrogen and oxygen atoms in total. The normalized spacial score (nSPS) is 10.1. The predicted molar refractivity (Wildman–Crippen MR) is 84.2 cm³/mol. The van der Waals surface area contributed by atoms with Crippen molar-refractivity contribution in [2.75, 3.05) is 19.0 Å². The van der Waals surface area contributed by atoms with E-state index in [-0.39, 0.29) is 0 Å². The highest BCUT2D eigenvalue weighted by atomic mass is 16.5. The van der Waals surface area contributed by atoms with Crippen LogP contribution in [-0.2, 0) is 0 Å². The lowest BCUT2D eigenvalue weighted by atomic mass is 10.1. The standard InChI is InChI=1S/C17H26N2O/c1-3-4-5-6-7-8-9-13-19-17-15(14-18)11-10-12-16(17)20-2/h10-12,19H,3-9,13H2,1-2H3. The monoisotopic (exact) mass is 274 g/mol. The summed E-state index contributed by atoms with van der Waals surface area (Å²) in [7, 11) is 1.63. The molecule has 20 heavy (non-hydrogen) atoms. The van der Waals surface area contributed by atoms with Crippen molar-refractivity contribution in [1.29, 1.82) is 5.26 Å². The van der Waals surface area contributed by atoms with Gasteiger partial charge in [-0.1, -0.05) is 51.5 Å². The molecule has 0 radical (unpaired) electrons. The molecule has 0 aromatic heterocycles. The molecule has 0 fully saturated rings. The molecule has 1 N–H and O–H groups in total. The van der Waals surface area contributed by atoms with Gasteiger partial charge in [0.2, 0.25) is 0 Å². The Balaban J connectivity index is 2.30. The number of unbranched alkanes of at least 4 members (excludes halogenated alkanes) is 6. The highest BCUT2D eigenvalue weighted by Crippen LogP contribution is 2.27. The zero-order valence-electron chi connectivity index (χ0n) is 12.7. The first kappa shape index (κ1) is 16.4. The molecule has 1 aromatic carbocycles. The van der Waals surface area contributed by atoms with E-state index in [4.69, 9.17) is 10.00 Å². The predicted octanol–water partition coefficient (Wildman–Crippen LogP) is 4.73. The van der Waals surface area contributed by atoms with E-state index in [9.17, 15) is 0 Å². The molecular formula is C17H26N2O. The molecular weight excluding hydrogens is 248 g/mol. The maximum Gasteiger partial charge on any atom is 0.143 e. The smallest absolute Gasteiger partial charge is 0.143 e. The zero-order chi connectivity index (χ0) is 14.6. The van der Waals surface area contributed by atoms with E-state index in [1.165, 1.54) is 38.5 Å². The Hall–Kier alpha value is -1.69. The summed E-state index contributed by atoms with van der Waals surface area (Å²) in [4.78, 5) is 0. The van der Waals surface area contributed by atoms with Crippen molar-refractivity contribution in [3.63, 3.8) is 0 Å². The zero-order valence-corrected chi connectivity index (χ0v) is 12.7. The number of nitriles is 1. The summed E-state index contributed by atoms with van der Waals surface area (Å²) in [5, 5.41) is 12.5. The Bertz CT molecular complexity index is 423. The number of rotatable bonds is 10. The van der Waals surface area contributed by atoms with Crippen LogP contribution in [0, 0.1) is 11.3 Å². The lowest BCUT2D eigenvalue weighted by Crippen LogP contribution is -2.05. The van der Waals surface area contributed by atoms with Gasteiger partial charge in [0.1, 0.15) is 11.8 Å². The van der Waals surface area contributed by atoms with Gasteiger partial charge >= 0.3 is 0 Å². The third kappa shape index (κ3) is 5.52. The number of ether oxygens (including phenoxy) is 1. The number of hydrogen-bond donors (Lipinski definition) is 1. The van der Waals surface area contributed by atoms with Crippen LogP contribution in [0.2, 0.25) is 0 Å². The summed E-state index contributed by atoms with van der Waals surface area (Å²) in [6, 6.07) is 7.74. The maximum absolute atomic E-state index is 9.12. The molecule has 0 saturated heterocycles. The first-order valence-corrected chi connectivity index (χ1v) is 7.64. The Morgan fingerprint density at radius 3 is 2.45 bits per heavy atom. The topological polar surface area (TPSA) is 45.0 Å². The number of methoxy groups -OCH3 is 1. The molecule has 1 aromatic rings. The highest BCUT2D eigenvalue weighted by molar-refractivity contribution is 5.66. The number of nitrogens with zero attached hydrogens (tertiary/aromatic N) is 1. The Morgan fingerprint density at radius 2 is 1.80 bits per heavy atom. The van der Waals surface area contributed by atoms with Crippen LogP contribution < -0.4 is 10.1 Å². The second-order valence-corrected chi connectivity index (χ2v) is 5.04. The van der Waals surface area contributed by atoms with Gasteiger partial charge < -0.3 is 10.1 Å². The van der Waals surface area contributed by atoms with Crippen molar-refractivity contribution in [2.45, 2.75) is 51.9 Å². The molecule has 110 valence electrons. The van der Waals surface area contributed by atoms with Crippen molar-refractivity contribution < 1.29 is 4.74 Å². The summed E-state index contributed by atoms with van der Waals surface area (Å²) in [6.45, 7) is 3.13.